The number of carbonyl (C=O) groups excluding carboxylic acids is 2. The van der Waals surface area contributed by atoms with Crippen molar-refractivity contribution < 1.29 is 18.4 Å². The molecule has 0 aliphatic heterocycles. The summed E-state index contributed by atoms with van der Waals surface area (Å²) < 4.78 is 25.9. The van der Waals surface area contributed by atoms with Gasteiger partial charge in [0.25, 0.3) is 5.91 Å². The van der Waals surface area contributed by atoms with Gasteiger partial charge in [0.1, 0.15) is 23.9 Å². The average molecular weight is 347 g/mol. The third kappa shape index (κ3) is 5.07. The molecule has 0 saturated carbocycles. The Balaban J connectivity index is 2.14. The quantitative estimate of drug-likeness (QED) is 0.924. The van der Waals surface area contributed by atoms with E-state index < -0.39 is 29.0 Å². The normalized spacial score (nSPS) is 11.1. The predicted molar refractivity (Wildman–Crippen MR) is 90.0 cm³/mol. The lowest BCUT2D eigenvalue weighted by Gasteiger charge is -2.35. The summed E-state index contributed by atoms with van der Waals surface area (Å²) in [7, 11) is 0. The number of pyridine rings is 1. The Labute approximate surface area is 144 Å². The Kier molecular flexibility index (Phi) is 5.46. The summed E-state index contributed by atoms with van der Waals surface area (Å²) in [6.07, 6.45) is 0.951. The maximum absolute atomic E-state index is 13.0. The third-order valence-electron chi connectivity index (χ3n) is 3.43. The van der Waals surface area contributed by atoms with Gasteiger partial charge in [-0.3, -0.25) is 9.59 Å². The van der Waals surface area contributed by atoms with Gasteiger partial charge in [-0.15, -0.1) is 0 Å². The molecule has 0 saturated heterocycles. The van der Waals surface area contributed by atoms with Gasteiger partial charge in [-0.25, -0.2) is 13.8 Å². The Morgan fingerprint density at radius 2 is 1.64 bits per heavy atom. The van der Waals surface area contributed by atoms with Crippen LogP contribution in [0.5, 0.6) is 0 Å². The smallest absolute Gasteiger partial charge is 0.273 e. The van der Waals surface area contributed by atoms with Crippen molar-refractivity contribution in [3.8, 4) is 0 Å². The van der Waals surface area contributed by atoms with E-state index in [0.29, 0.717) is 5.69 Å². The Morgan fingerprint density at radius 3 is 2.16 bits per heavy atom. The number of benzene rings is 1. The van der Waals surface area contributed by atoms with Crippen LogP contribution in [0.25, 0.3) is 0 Å². The first kappa shape index (κ1) is 18.5. The predicted octanol–water partition coefficient (Wildman–Crippen LogP) is 3.24. The highest BCUT2D eigenvalue weighted by Gasteiger charge is 2.30. The van der Waals surface area contributed by atoms with Crippen LogP contribution in [0.2, 0.25) is 0 Å². The van der Waals surface area contributed by atoms with Crippen molar-refractivity contribution in [2.24, 2.45) is 0 Å². The van der Waals surface area contributed by atoms with Gasteiger partial charge in [-0.2, -0.15) is 0 Å². The minimum absolute atomic E-state index is 0.0471. The first-order chi connectivity index (χ1) is 11.7. The number of aromatic nitrogens is 1. The van der Waals surface area contributed by atoms with E-state index in [-0.39, 0.29) is 12.2 Å². The van der Waals surface area contributed by atoms with Crippen LogP contribution in [0.4, 0.5) is 14.5 Å². The maximum Gasteiger partial charge on any atom is 0.273 e. The second-order valence-corrected chi connectivity index (χ2v) is 6.48. The van der Waals surface area contributed by atoms with Crippen molar-refractivity contribution in [1.29, 1.82) is 0 Å². The minimum atomic E-state index is -0.659. The van der Waals surface area contributed by atoms with Gasteiger partial charge in [0.05, 0.1) is 6.20 Å². The number of halogens is 2. The number of rotatable bonds is 4. The minimum Gasteiger partial charge on any atom is -0.325 e. The van der Waals surface area contributed by atoms with Gasteiger partial charge in [0.15, 0.2) is 0 Å². The van der Waals surface area contributed by atoms with Crippen LogP contribution in [-0.2, 0) is 4.79 Å². The summed E-state index contributed by atoms with van der Waals surface area (Å²) in [5.74, 6) is -1.88. The van der Waals surface area contributed by atoms with Crippen LogP contribution in [0.1, 0.15) is 31.3 Å². The molecule has 0 aliphatic rings. The third-order valence-corrected chi connectivity index (χ3v) is 3.43. The molecule has 0 atom stereocenters. The van der Waals surface area contributed by atoms with Crippen molar-refractivity contribution in [2.75, 3.05) is 11.9 Å². The van der Waals surface area contributed by atoms with E-state index in [1.165, 1.54) is 35.2 Å². The van der Waals surface area contributed by atoms with E-state index in [1.54, 1.807) is 20.8 Å². The van der Waals surface area contributed by atoms with E-state index in [9.17, 15) is 18.4 Å². The highest BCUT2D eigenvalue weighted by molar-refractivity contribution is 5.98. The topological polar surface area (TPSA) is 62.3 Å². The molecule has 0 fully saturated rings. The molecule has 0 spiro atoms. The molecule has 2 rings (SSSR count). The molecule has 25 heavy (non-hydrogen) atoms. The fourth-order valence-corrected chi connectivity index (χ4v) is 2.13. The number of carbonyl (C=O) groups is 2. The lowest BCUT2D eigenvalue weighted by molar-refractivity contribution is -0.117. The summed E-state index contributed by atoms with van der Waals surface area (Å²) in [6.45, 7) is 5.11. The van der Waals surface area contributed by atoms with Gasteiger partial charge in [0, 0.05) is 11.2 Å². The lowest BCUT2D eigenvalue weighted by atomic mass is 10.0. The van der Waals surface area contributed by atoms with Crippen LogP contribution >= 0.6 is 0 Å². The number of amides is 2. The van der Waals surface area contributed by atoms with Crippen LogP contribution in [0.15, 0.2) is 42.6 Å². The van der Waals surface area contributed by atoms with E-state index >= 15 is 0 Å². The SMILES string of the molecule is CC(C)(C)N(CC(=O)Nc1ccc(F)cc1)C(=O)c1ccc(F)cn1. The zero-order valence-corrected chi connectivity index (χ0v) is 14.2. The molecule has 2 amide bonds. The molecule has 132 valence electrons. The molecule has 0 unspecified atom stereocenters. The number of hydrogen-bond donors (Lipinski definition) is 1. The van der Waals surface area contributed by atoms with Crippen molar-refractivity contribution in [2.45, 2.75) is 26.3 Å². The zero-order chi connectivity index (χ0) is 18.6. The summed E-state index contributed by atoms with van der Waals surface area (Å²) in [4.78, 5) is 30.0. The van der Waals surface area contributed by atoms with Crippen molar-refractivity contribution >= 4 is 17.5 Å². The summed E-state index contributed by atoms with van der Waals surface area (Å²) in [5.41, 5.74) is -0.189. The summed E-state index contributed by atoms with van der Waals surface area (Å²) in [5, 5.41) is 2.61. The fourth-order valence-electron chi connectivity index (χ4n) is 2.13. The van der Waals surface area contributed by atoms with Crippen molar-refractivity contribution in [1.82, 2.24) is 9.88 Å². The van der Waals surface area contributed by atoms with E-state index in [2.05, 4.69) is 10.3 Å². The van der Waals surface area contributed by atoms with Crippen LogP contribution in [0, 0.1) is 11.6 Å². The Morgan fingerprint density at radius 1 is 1.04 bits per heavy atom. The second-order valence-electron chi connectivity index (χ2n) is 6.48. The average Bonchev–Trinajstić information content (AvgIpc) is 2.54. The first-order valence-electron chi connectivity index (χ1n) is 7.66. The molecule has 0 bridgehead atoms. The largest absolute Gasteiger partial charge is 0.325 e. The molecule has 1 N–H and O–H groups in total. The van der Waals surface area contributed by atoms with Gasteiger partial charge in [-0.05, 0) is 57.2 Å². The van der Waals surface area contributed by atoms with Gasteiger partial charge >= 0.3 is 0 Å². The number of hydrogen-bond acceptors (Lipinski definition) is 3. The van der Waals surface area contributed by atoms with E-state index in [0.717, 1.165) is 12.3 Å². The summed E-state index contributed by atoms with van der Waals surface area (Å²) in [6, 6.07) is 7.72. The standard InChI is InChI=1S/C18H19F2N3O2/c1-18(2,3)23(17(25)15-9-6-13(20)10-21-15)11-16(24)22-14-7-4-12(19)5-8-14/h4-10H,11H2,1-3H3,(H,22,24). The van der Waals surface area contributed by atoms with E-state index in [1.807, 2.05) is 0 Å². The van der Waals surface area contributed by atoms with Crippen LogP contribution < -0.4 is 5.32 Å². The van der Waals surface area contributed by atoms with E-state index in [4.69, 9.17) is 0 Å². The molecule has 7 heteroatoms. The number of nitrogens with zero attached hydrogens (tertiary/aromatic N) is 2. The highest BCUT2D eigenvalue weighted by Crippen LogP contribution is 2.17. The van der Waals surface area contributed by atoms with Crippen LogP contribution in [0.3, 0.4) is 0 Å². The molecule has 1 aromatic heterocycles. The molecule has 1 aromatic carbocycles. The molecule has 2 aromatic rings. The first-order valence-corrected chi connectivity index (χ1v) is 7.66. The molecular weight excluding hydrogens is 328 g/mol. The molecule has 0 radical (unpaired) electrons. The van der Waals surface area contributed by atoms with Gasteiger partial charge in [-0.1, -0.05) is 0 Å². The number of nitrogens with one attached hydrogen (secondary N) is 1. The van der Waals surface area contributed by atoms with Gasteiger partial charge in [0.2, 0.25) is 5.91 Å². The molecule has 0 aliphatic carbocycles. The molecular formula is C18H19F2N3O2. The fraction of sp³-hybridized carbons (Fsp3) is 0.278. The van der Waals surface area contributed by atoms with Gasteiger partial charge < -0.3 is 10.2 Å². The highest BCUT2D eigenvalue weighted by atomic mass is 19.1. The zero-order valence-electron chi connectivity index (χ0n) is 14.2. The lowest BCUT2D eigenvalue weighted by Crippen LogP contribution is -2.49. The Hall–Kier alpha value is -2.83. The summed E-state index contributed by atoms with van der Waals surface area (Å²) >= 11 is 0. The molecule has 1 heterocycles. The second kappa shape index (κ2) is 7.38. The monoisotopic (exact) mass is 347 g/mol. The Bertz CT molecular complexity index is 753. The number of anilines is 1. The van der Waals surface area contributed by atoms with Crippen molar-refractivity contribution in [3.05, 3.63) is 59.9 Å². The van der Waals surface area contributed by atoms with Crippen molar-refractivity contribution in [3.63, 3.8) is 0 Å². The molecule has 5 nitrogen and oxygen atoms in total. The van der Waals surface area contributed by atoms with Crippen LogP contribution in [-0.4, -0.2) is 33.8 Å². The maximum atomic E-state index is 13.0.